The first-order valence-corrected chi connectivity index (χ1v) is 17.8. The minimum Gasteiger partial charge on any atom is -0.310 e. The topological polar surface area (TPSA) is 6.48 Å². The summed E-state index contributed by atoms with van der Waals surface area (Å²) in [6, 6.07) is 78.3. The summed E-state index contributed by atoms with van der Waals surface area (Å²) in [6.45, 7) is 0. The molecule has 0 saturated carbocycles. The lowest BCUT2D eigenvalue weighted by Gasteiger charge is -2.28. The van der Waals surface area contributed by atoms with Crippen molar-refractivity contribution in [1.29, 1.82) is 0 Å². The Hall–Kier alpha value is -6.90. The molecule has 0 saturated heterocycles. The predicted octanol–water partition coefficient (Wildman–Crippen LogP) is 14.3. The van der Waals surface area contributed by atoms with Crippen molar-refractivity contribution in [3.8, 4) is 22.3 Å². The molecule has 2 nitrogen and oxygen atoms in total. The summed E-state index contributed by atoms with van der Waals surface area (Å²) in [5.74, 6) is 0. The third kappa shape index (κ3) is 5.87. The van der Waals surface area contributed by atoms with E-state index in [0.29, 0.717) is 0 Å². The lowest BCUT2D eigenvalue weighted by Crippen LogP contribution is -2.11. The van der Waals surface area contributed by atoms with Gasteiger partial charge < -0.3 is 9.80 Å². The fourth-order valence-corrected chi connectivity index (χ4v) is 7.38. The summed E-state index contributed by atoms with van der Waals surface area (Å²) in [5, 5.41) is 4.87. The number of fused-ring (bicyclic) bond motifs is 2. The molecule has 246 valence electrons. The first-order valence-electron chi connectivity index (χ1n) is 17.8. The van der Waals surface area contributed by atoms with Gasteiger partial charge in [-0.25, -0.2) is 0 Å². The zero-order valence-corrected chi connectivity index (χ0v) is 28.7. The van der Waals surface area contributed by atoms with Crippen LogP contribution >= 0.6 is 0 Å². The van der Waals surface area contributed by atoms with Crippen molar-refractivity contribution in [2.45, 2.75) is 0 Å². The second-order valence-corrected chi connectivity index (χ2v) is 13.0. The van der Waals surface area contributed by atoms with Crippen LogP contribution in [-0.4, -0.2) is 0 Å². The molecule has 2 heteroatoms. The maximum atomic E-state index is 2.38. The van der Waals surface area contributed by atoms with Crippen molar-refractivity contribution in [2.75, 3.05) is 9.80 Å². The molecule has 0 radical (unpaired) electrons. The van der Waals surface area contributed by atoms with Crippen LogP contribution < -0.4 is 9.80 Å². The minimum atomic E-state index is 1.10. The van der Waals surface area contributed by atoms with E-state index in [2.05, 4.69) is 228 Å². The van der Waals surface area contributed by atoms with Crippen molar-refractivity contribution in [1.82, 2.24) is 0 Å². The molecule has 0 aliphatic carbocycles. The minimum absolute atomic E-state index is 1.10. The van der Waals surface area contributed by atoms with Crippen LogP contribution in [0.15, 0.2) is 218 Å². The van der Waals surface area contributed by atoms with E-state index >= 15 is 0 Å². The predicted molar refractivity (Wildman–Crippen MR) is 222 cm³/mol. The lowest BCUT2D eigenvalue weighted by molar-refractivity contribution is 1.29. The van der Waals surface area contributed by atoms with E-state index in [1.54, 1.807) is 0 Å². The van der Waals surface area contributed by atoms with Gasteiger partial charge in [-0.2, -0.15) is 0 Å². The van der Waals surface area contributed by atoms with Gasteiger partial charge in [0.1, 0.15) is 0 Å². The Morgan fingerprint density at radius 2 is 0.654 bits per heavy atom. The Balaban J connectivity index is 1.18. The van der Waals surface area contributed by atoms with E-state index in [-0.39, 0.29) is 0 Å². The number of benzene rings is 9. The number of rotatable bonds is 8. The summed E-state index contributed by atoms with van der Waals surface area (Å²) in [5.41, 5.74) is 11.5. The van der Waals surface area contributed by atoms with E-state index < -0.39 is 0 Å². The summed E-state index contributed by atoms with van der Waals surface area (Å²) < 4.78 is 0. The number of nitrogens with zero attached hydrogens (tertiary/aromatic N) is 2. The van der Waals surface area contributed by atoms with Gasteiger partial charge >= 0.3 is 0 Å². The van der Waals surface area contributed by atoms with E-state index in [9.17, 15) is 0 Å². The zero-order chi connectivity index (χ0) is 34.7. The van der Waals surface area contributed by atoms with Gasteiger partial charge in [0.2, 0.25) is 0 Å². The molecule has 0 heterocycles. The van der Waals surface area contributed by atoms with Gasteiger partial charge in [-0.15, -0.1) is 0 Å². The molecule has 0 amide bonds. The average Bonchev–Trinajstić information content (AvgIpc) is 3.23. The van der Waals surface area contributed by atoms with Crippen LogP contribution in [0, 0.1) is 0 Å². The molecule has 0 atom stereocenters. The third-order valence-corrected chi connectivity index (χ3v) is 9.83. The van der Waals surface area contributed by atoms with Crippen molar-refractivity contribution in [2.24, 2.45) is 0 Å². The van der Waals surface area contributed by atoms with Crippen LogP contribution in [-0.2, 0) is 0 Å². The molecule has 0 unspecified atom stereocenters. The number of hydrogen-bond donors (Lipinski definition) is 0. The summed E-state index contributed by atoms with van der Waals surface area (Å²) >= 11 is 0. The Bertz CT molecular complexity index is 2600. The first-order chi connectivity index (χ1) is 25.8. The molecule has 0 N–H and O–H groups in total. The quantitative estimate of drug-likeness (QED) is 0.159. The molecule has 0 aliphatic rings. The van der Waals surface area contributed by atoms with Crippen molar-refractivity contribution in [3.63, 3.8) is 0 Å². The van der Waals surface area contributed by atoms with E-state index in [1.807, 2.05) is 0 Å². The van der Waals surface area contributed by atoms with Gasteiger partial charge in [-0.05, 0) is 93.7 Å². The highest BCUT2D eigenvalue weighted by Gasteiger charge is 2.19. The van der Waals surface area contributed by atoms with Crippen molar-refractivity contribution >= 4 is 55.7 Å². The normalized spacial score (nSPS) is 11.1. The van der Waals surface area contributed by atoms with E-state index in [0.717, 1.165) is 39.7 Å². The Kier molecular flexibility index (Phi) is 8.24. The van der Waals surface area contributed by atoms with Gasteiger partial charge in [0, 0.05) is 33.5 Å². The molecule has 0 aromatic heterocycles. The molecule has 9 aromatic rings. The van der Waals surface area contributed by atoms with Gasteiger partial charge in [-0.3, -0.25) is 0 Å². The number of anilines is 6. The highest BCUT2D eigenvalue weighted by molar-refractivity contribution is 6.01. The smallest absolute Gasteiger partial charge is 0.0540 e. The van der Waals surface area contributed by atoms with Crippen LogP contribution in [0.5, 0.6) is 0 Å². The zero-order valence-electron chi connectivity index (χ0n) is 28.7. The second-order valence-electron chi connectivity index (χ2n) is 13.0. The summed E-state index contributed by atoms with van der Waals surface area (Å²) in [4.78, 5) is 4.73. The van der Waals surface area contributed by atoms with Crippen LogP contribution in [0.3, 0.4) is 0 Å². The number of para-hydroxylation sites is 2. The lowest BCUT2D eigenvalue weighted by atomic mass is 9.93. The Morgan fingerprint density at radius 1 is 0.250 bits per heavy atom. The highest BCUT2D eigenvalue weighted by atomic mass is 15.1. The fourth-order valence-electron chi connectivity index (χ4n) is 7.38. The third-order valence-electron chi connectivity index (χ3n) is 9.83. The van der Waals surface area contributed by atoms with Crippen molar-refractivity contribution in [3.05, 3.63) is 218 Å². The summed E-state index contributed by atoms with van der Waals surface area (Å²) in [6.07, 6.45) is 0. The van der Waals surface area contributed by atoms with Gasteiger partial charge in [0.05, 0.1) is 11.4 Å². The van der Waals surface area contributed by atoms with E-state index in [1.165, 1.54) is 38.2 Å². The molecular formula is C50H36N2. The maximum absolute atomic E-state index is 2.38. The monoisotopic (exact) mass is 664 g/mol. The molecular weight excluding hydrogens is 629 g/mol. The summed E-state index contributed by atoms with van der Waals surface area (Å²) in [7, 11) is 0. The Morgan fingerprint density at radius 3 is 1.21 bits per heavy atom. The van der Waals surface area contributed by atoms with Crippen LogP contribution in [0.2, 0.25) is 0 Å². The molecule has 9 rings (SSSR count). The standard InChI is InChI=1S/C50H36N2/c1-4-16-39(17-5-1)48-36-44(52(42-24-8-3-9-25-42)50-29-15-21-38-19-11-13-27-47(38)50)34-35-45(48)40-30-32-43(33-31-40)51(41-22-6-2-7-23-41)49-28-14-20-37-18-10-12-26-46(37)49/h1-36H. The van der Waals surface area contributed by atoms with Gasteiger partial charge in [0.25, 0.3) is 0 Å². The highest BCUT2D eigenvalue weighted by Crippen LogP contribution is 2.44. The maximum Gasteiger partial charge on any atom is 0.0540 e. The second kappa shape index (κ2) is 13.8. The number of hydrogen-bond acceptors (Lipinski definition) is 2. The molecule has 0 spiro atoms. The molecule has 0 aliphatic heterocycles. The van der Waals surface area contributed by atoms with Crippen LogP contribution in [0.25, 0.3) is 43.8 Å². The van der Waals surface area contributed by atoms with Crippen LogP contribution in [0.1, 0.15) is 0 Å². The molecule has 9 aromatic carbocycles. The average molecular weight is 665 g/mol. The Labute approximate surface area is 305 Å². The van der Waals surface area contributed by atoms with Crippen LogP contribution in [0.4, 0.5) is 34.1 Å². The largest absolute Gasteiger partial charge is 0.310 e. The van der Waals surface area contributed by atoms with E-state index in [4.69, 9.17) is 0 Å². The van der Waals surface area contributed by atoms with Crippen molar-refractivity contribution < 1.29 is 0 Å². The fraction of sp³-hybridized carbons (Fsp3) is 0. The SMILES string of the molecule is c1ccc(-c2cc(N(c3ccccc3)c3cccc4ccccc34)ccc2-c2ccc(N(c3ccccc3)c3cccc4ccccc34)cc2)cc1. The molecule has 52 heavy (non-hydrogen) atoms. The molecule has 0 fully saturated rings. The molecule has 0 bridgehead atoms. The van der Waals surface area contributed by atoms with Gasteiger partial charge in [-0.1, -0.05) is 158 Å². The van der Waals surface area contributed by atoms with Gasteiger partial charge in [0.15, 0.2) is 0 Å². The first kappa shape index (κ1) is 31.1.